The minimum atomic E-state index is 0.575. The molecule has 1 aromatic rings. The largest absolute Gasteiger partial charge is 0.367 e. The van der Waals surface area contributed by atoms with Gasteiger partial charge in [-0.15, -0.1) is 0 Å². The fraction of sp³-hybridized carbons (Fsp3) is 0.682. The molecule has 4 fully saturated rings. The third-order valence-electron chi connectivity index (χ3n) is 7.38. The van der Waals surface area contributed by atoms with Gasteiger partial charge in [0.1, 0.15) is 5.84 Å². The number of aryl methyl sites for hydroxylation is 1. The Morgan fingerprint density at radius 2 is 1.58 bits per heavy atom. The zero-order valence-corrected chi connectivity index (χ0v) is 14.9. The van der Waals surface area contributed by atoms with Gasteiger partial charge in [-0.2, -0.15) is 0 Å². The van der Waals surface area contributed by atoms with Crippen molar-refractivity contribution in [3.8, 4) is 0 Å². The van der Waals surface area contributed by atoms with Crippen LogP contribution in [-0.4, -0.2) is 17.9 Å². The smallest absolute Gasteiger partial charge is 0.128 e. The zero-order valence-electron chi connectivity index (χ0n) is 14.9. The van der Waals surface area contributed by atoms with E-state index in [1.165, 1.54) is 68.3 Å². The fourth-order valence-corrected chi connectivity index (χ4v) is 6.04. The second kappa shape index (κ2) is 5.89. The minimum absolute atomic E-state index is 0.575. The van der Waals surface area contributed by atoms with Gasteiger partial charge >= 0.3 is 0 Å². The van der Waals surface area contributed by atoms with Crippen molar-refractivity contribution in [1.82, 2.24) is 5.32 Å². The molecule has 6 atom stereocenters. The lowest BCUT2D eigenvalue weighted by Gasteiger charge is -2.27. The van der Waals surface area contributed by atoms with Crippen molar-refractivity contribution in [1.29, 1.82) is 0 Å². The lowest BCUT2D eigenvalue weighted by Crippen LogP contribution is -2.40. The number of fused-ring (bicyclic) bond motifs is 4. The fourth-order valence-electron chi connectivity index (χ4n) is 6.04. The van der Waals surface area contributed by atoms with Crippen molar-refractivity contribution in [3.63, 3.8) is 0 Å². The van der Waals surface area contributed by atoms with Crippen LogP contribution in [0.25, 0.3) is 0 Å². The Labute approximate surface area is 146 Å². The summed E-state index contributed by atoms with van der Waals surface area (Å²) in [6.45, 7) is 2.17. The third-order valence-corrected chi connectivity index (χ3v) is 7.38. The van der Waals surface area contributed by atoms with Gasteiger partial charge in [-0.25, -0.2) is 0 Å². The monoisotopic (exact) mass is 322 g/mol. The van der Waals surface area contributed by atoms with Crippen molar-refractivity contribution in [2.24, 2.45) is 28.7 Å². The van der Waals surface area contributed by atoms with Gasteiger partial charge in [0.15, 0.2) is 0 Å². The molecular formula is C22H30N2. The molecule has 1 aromatic carbocycles. The number of hydrogen-bond acceptors (Lipinski definition) is 1. The van der Waals surface area contributed by atoms with Crippen LogP contribution in [0.2, 0.25) is 0 Å². The molecule has 6 unspecified atom stereocenters. The summed E-state index contributed by atoms with van der Waals surface area (Å²) in [5, 5.41) is 3.92. The maximum atomic E-state index is 5.31. The molecule has 4 aliphatic carbocycles. The van der Waals surface area contributed by atoms with Crippen molar-refractivity contribution in [2.75, 3.05) is 0 Å². The van der Waals surface area contributed by atoms with Gasteiger partial charge in [0.05, 0.1) is 6.04 Å². The van der Waals surface area contributed by atoms with E-state index in [-0.39, 0.29) is 0 Å². The van der Waals surface area contributed by atoms with Crippen LogP contribution < -0.4 is 5.32 Å². The molecular weight excluding hydrogens is 292 g/mol. The molecule has 0 radical (unpaired) electrons. The molecule has 0 heterocycles. The van der Waals surface area contributed by atoms with Crippen LogP contribution in [0.1, 0.15) is 62.5 Å². The lowest BCUT2D eigenvalue weighted by molar-refractivity contribution is 0.386. The van der Waals surface area contributed by atoms with Gasteiger partial charge in [0.25, 0.3) is 0 Å². The van der Waals surface area contributed by atoms with Gasteiger partial charge in [0.2, 0.25) is 0 Å². The maximum Gasteiger partial charge on any atom is 0.128 e. The summed E-state index contributed by atoms with van der Waals surface area (Å²) in [5.74, 6) is 4.90. The number of aliphatic imine (C=N–C) groups is 1. The number of benzene rings is 1. The molecule has 0 aromatic heterocycles. The van der Waals surface area contributed by atoms with E-state index in [1.54, 1.807) is 0 Å². The van der Waals surface area contributed by atoms with E-state index >= 15 is 0 Å². The van der Waals surface area contributed by atoms with Crippen LogP contribution in [0.3, 0.4) is 0 Å². The van der Waals surface area contributed by atoms with Gasteiger partial charge in [0, 0.05) is 11.6 Å². The first-order valence-electron chi connectivity index (χ1n) is 10.2. The molecule has 1 N–H and O–H groups in total. The lowest BCUT2D eigenvalue weighted by atomic mass is 9.94. The Hall–Kier alpha value is -1.31. The number of hydrogen-bond donors (Lipinski definition) is 1. The molecule has 4 saturated carbocycles. The van der Waals surface area contributed by atoms with E-state index < -0.39 is 0 Å². The molecule has 128 valence electrons. The summed E-state index contributed by atoms with van der Waals surface area (Å²) in [4.78, 5) is 5.31. The first-order chi connectivity index (χ1) is 11.7. The molecule has 24 heavy (non-hydrogen) atoms. The first kappa shape index (κ1) is 15.0. The van der Waals surface area contributed by atoms with Gasteiger partial charge in [-0.3, -0.25) is 4.99 Å². The van der Waals surface area contributed by atoms with Gasteiger partial charge < -0.3 is 5.32 Å². The standard InChI is InChI=1S/C22H30N2/c1-14-2-6-17(7-3-14)22(23-20-12-15-4-8-18(20)10-15)24-21-13-16-5-9-19(21)11-16/h2-3,6-7,15-16,18-21H,4-5,8-13H2,1H3,(H,23,24). The van der Waals surface area contributed by atoms with Crippen molar-refractivity contribution in [2.45, 2.75) is 70.4 Å². The van der Waals surface area contributed by atoms with Crippen LogP contribution in [0.5, 0.6) is 0 Å². The van der Waals surface area contributed by atoms with E-state index in [9.17, 15) is 0 Å². The van der Waals surface area contributed by atoms with Crippen LogP contribution in [0.4, 0.5) is 0 Å². The summed E-state index contributed by atoms with van der Waals surface area (Å²) in [6, 6.07) is 10.2. The van der Waals surface area contributed by atoms with E-state index in [0.29, 0.717) is 12.1 Å². The highest BCUT2D eigenvalue weighted by Gasteiger charge is 2.41. The van der Waals surface area contributed by atoms with Crippen LogP contribution in [0, 0.1) is 30.6 Å². The Bertz CT molecular complexity index is 632. The van der Waals surface area contributed by atoms with E-state index in [2.05, 4.69) is 36.5 Å². The van der Waals surface area contributed by atoms with E-state index in [4.69, 9.17) is 4.99 Å². The molecule has 0 amide bonds. The third kappa shape index (κ3) is 2.68. The predicted molar refractivity (Wildman–Crippen MR) is 99.3 cm³/mol. The highest BCUT2D eigenvalue weighted by molar-refractivity contribution is 5.99. The van der Waals surface area contributed by atoms with E-state index in [0.717, 1.165) is 23.7 Å². The molecule has 0 spiro atoms. The predicted octanol–water partition coefficient (Wildman–Crippen LogP) is 4.71. The molecule has 4 aliphatic rings. The van der Waals surface area contributed by atoms with Crippen molar-refractivity contribution >= 4 is 5.84 Å². The van der Waals surface area contributed by atoms with Crippen LogP contribution in [-0.2, 0) is 0 Å². The Morgan fingerprint density at radius 1 is 0.875 bits per heavy atom. The molecule has 2 nitrogen and oxygen atoms in total. The average Bonchev–Trinajstić information content (AvgIpc) is 3.36. The topological polar surface area (TPSA) is 24.4 Å². The highest BCUT2D eigenvalue weighted by atomic mass is 15.1. The average molecular weight is 322 g/mol. The molecule has 4 bridgehead atoms. The number of nitrogens with zero attached hydrogens (tertiary/aromatic N) is 1. The van der Waals surface area contributed by atoms with Crippen LogP contribution >= 0.6 is 0 Å². The Kier molecular flexibility index (Phi) is 3.68. The summed E-state index contributed by atoms with van der Waals surface area (Å²) < 4.78 is 0. The van der Waals surface area contributed by atoms with E-state index in [1.807, 2.05) is 0 Å². The Balaban J connectivity index is 1.41. The van der Waals surface area contributed by atoms with Crippen molar-refractivity contribution < 1.29 is 0 Å². The summed E-state index contributed by atoms with van der Waals surface area (Å²) in [7, 11) is 0. The summed E-state index contributed by atoms with van der Waals surface area (Å²) in [5.41, 5.74) is 2.63. The number of amidine groups is 1. The molecule has 0 saturated heterocycles. The SMILES string of the molecule is Cc1ccc(C(=NC2CC3CCC2C3)NC2CC3CCC2C3)cc1. The zero-order chi connectivity index (χ0) is 16.1. The normalized spacial score (nSPS) is 40.5. The highest BCUT2D eigenvalue weighted by Crippen LogP contribution is 2.47. The quantitative estimate of drug-likeness (QED) is 0.632. The summed E-state index contributed by atoms with van der Waals surface area (Å²) in [6.07, 6.45) is 11.3. The van der Waals surface area contributed by atoms with Crippen LogP contribution in [0.15, 0.2) is 29.3 Å². The molecule has 5 rings (SSSR count). The summed E-state index contributed by atoms with van der Waals surface area (Å²) >= 11 is 0. The maximum absolute atomic E-state index is 5.31. The number of nitrogens with one attached hydrogen (secondary N) is 1. The Morgan fingerprint density at radius 3 is 2.17 bits per heavy atom. The van der Waals surface area contributed by atoms with Crippen molar-refractivity contribution in [3.05, 3.63) is 35.4 Å². The first-order valence-corrected chi connectivity index (χ1v) is 10.2. The number of rotatable bonds is 3. The molecule has 0 aliphatic heterocycles. The van der Waals surface area contributed by atoms with Gasteiger partial charge in [-0.1, -0.05) is 42.7 Å². The second-order valence-electron chi connectivity index (χ2n) is 9.01. The van der Waals surface area contributed by atoms with Gasteiger partial charge in [-0.05, 0) is 69.1 Å². The molecule has 2 heteroatoms. The second-order valence-corrected chi connectivity index (χ2v) is 9.01. The minimum Gasteiger partial charge on any atom is -0.367 e.